The van der Waals surface area contributed by atoms with E-state index >= 15 is 0 Å². The molecule has 0 radical (unpaired) electrons. The van der Waals surface area contributed by atoms with Gasteiger partial charge in [-0.25, -0.2) is 4.98 Å². The summed E-state index contributed by atoms with van der Waals surface area (Å²) in [6.45, 7) is 4.61. The number of hydrogen-bond acceptors (Lipinski definition) is 6. The maximum Gasteiger partial charge on any atom is 0.416 e. The van der Waals surface area contributed by atoms with Crippen molar-refractivity contribution in [2.45, 2.75) is 31.4 Å². The molecule has 34 heavy (non-hydrogen) atoms. The molecule has 3 aromatic rings. The van der Waals surface area contributed by atoms with Crippen molar-refractivity contribution in [2.24, 2.45) is 0 Å². The normalized spacial score (nSPS) is 18.9. The topological polar surface area (TPSA) is 75.9 Å². The summed E-state index contributed by atoms with van der Waals surface area (Å²) < 4.78 is 47.3. The molecular weight excluding hydrogens is 449 g/mol. The zero-order chi connectivity index (χ0) is 23.9. The molecule has 8 nitrogen and oxygen atoms in total. The van der Waals surface area contributed by atoms with Gasteiger partial charge in [0.2, 0.25) is 5.91 Å². The van der Waals surface area contributed by atoms with Crippen molar-refractivity contribution < 1.29 is 22.7 Å². The van der Waals surface area contributed by atoms with Gasteiger partial charge in [-0.2, -0.15) is 27.8 Å². The third-order valence-corrected chi connectivity index (χ3v) is 6.75. The lowest BCUT2D eigenvalue weighted by atomic mass is 9.72. The van der Waals surface area contributed by atoms with E-state index < -0.39 is 17.2 Å². The Labute approximate surface area is 194 Å². The molecule has 4 heterocycles. The number of anilines is 1. The van der Waals surface area contributed by atoms with Gasteiger partial charge in [0.15, 0.2) is 0 Å². The molecule has 0 aliphatic carbocycles. The van der Waals surface area contributed by atoms with Crippen LogP contribution in [0.25, 0.3) is 5.78 Å². The second-order valence-electron chi connectivity index (χ2n) is 8.78. The van der Waals surface area contributed by atoms with Crippen molar-refractivity contribution in [3.8, 4) is 0 Å². The summed E-state index contributed by atoms with van der Waals surface area (Å²) in [4.78, 5) is 26.3. The van der Waals surface area contributed by atoms with Crippen molar-refractivity contribution in [1.29, 1.82) is 0 Å². The van der Waals surface area contributed by atoms with Crippen LogP contribution in [0.3, 0.4) is 0 Å². The van der Waals surface area contributed by atoms with E-state index in [0.717, 1.165) is 23.6 Å². The van der Waals surface area contributed by atoms with Gasteiger partial charge in [-0.1, -0.05) is 18.2 Å². The van der Waals surface area contributed by atoms with Gasteiger partial charge in [0.1, 0.15) is 12.1 Å². The first kappa shape index (κ1) is 22.6. The molecule has 0 spiro atoms. The molecule has 0 unspecified atom stereocenters. The summed E-state index contributed by atoms with van der Waals surface area (Å²) in [6, 6.07) is 7.12. The summed E-state index contributed by atoms with van der Waals surface area (Å²) >= 11 is 0. The number of fused-ring (bicyclic) bond motifs is 1. The molecular formula is C23H25F3N6O2. The van der Waals surface area contributed by atoms with Gasteiger partial charge in [0.25, 0.3) is 5.78 Å². The molecule has 2 aromatic heterocycles. The van der Waals surface area contributed by atoms with E-state index in [9.17, 15) is 18.0 Å². The standard InChI is InChI=1S/C23H25F3N6O2/c1-16-13-19(32-21(29-16)27-15-28-32)30-7-9-31(10-8-30)20(33)22(5-11-34-12-6-22)17-3-2-4-18(14-17)23(24,25)26/h2-4,13-15H,5-12H2,1H3. The highest BCUT2D eigenvalue weighted by molar-refractivity contribution is 5.88. The Balaban J connectivity index is 1.39. The average molecular weight is 474 g/mol. The van der Waals surface area contributed by atoms with Crippen LogP contribution in [0, 0.1) is 6.92 Å². The number of ether oxygens (including phenoxy) is 1. The molecule has 2 aliphatic heterocycles. The van der Waals surface area contributed by atoms with Crippen LogP contribution >= 0.6 is 0 Å². The number of benzene rings is 1. The van der Waals surface area contributed by atoms with E-state index in [1.54, 1.807) is 15.5 Å². The number of nitrogens with zero attached hydrogens (tertiary/aromatic N) is 6. The zero-order valence-electron chi connectivity index (χ0n) is 18.8. The third-order valence-electron chi connectivity index (χ3n) is 6.75. The second kappa shape index (κ2) is 8.53. The highest BCUT2D eigenvalue weighted by Crippen LogP contribution is 2.40. The molecule has 11 heteroatoms. The Morgan fingerprint density at radius 2 is 1.82 bits per heavy atom. The molecule has 1 aromatic carbocycles. The smallest absolute Gasteiger partial charge is 0.381 e. The van der Waals surface area contributed by atoms with E-state index in [1.165, 1.54) is 12.4 Å². The molecule has 0 N–H and O–H groups in total. The fourth-order valence-electron chi connectivity index (χ4n) is 4.92. The number of piperazine rings is 1. The Bertz CT molecular complexity index is 1200. The van der Waals surface area contributed by atoms with Crippen LogP contribution in [0.1, 0.15) is 29.7 Å². The molecule has 0 saturated carbocycles. The SMILES string of the molecule is Cc1cc(N2CCN(C(=O)C3(c4cccc(C(F)(F)F)c4)CCOCC3)CC2)n2ncnc2n1. The fourth-order valence-corrected chi connectivity index (χ4v) is 4.92. The third kappa shape index (κ3) is 3.97. The lowest BCUT2D eigenvalue weighted by Crippen LogP contribution is -2.56. The van der Waals surface area contributed by atoms with Crippen LogP contribution in [0.5, 0.6) is 0 Å². The molecule has 2 aliphatic rings. The number of rotatable bonds is 3. The lowest BCUT2D eigenvalue weighted by molar-refractivity contribution is -0.142. The molecule has 1 amide bonds. The Morgan fingerprint density at radius 3 is 2.53 bits per heavy atom. The quantitative estimate of drug-likeness (QED) is 0.581. The predicted molar refractivity (Wildman–Crippen MR) is 117 cm³/mol. The van der Waals surface area contributed by atoms with Gasteiger partial charge in [0, 0.05) is 51.2 Å². The lowest BCUT2D eigenvalue weighted by Gasteiger charge is -2.43. The number of amides is 1. The van der Waals surface area contributed by atoms with Gasteiger partial charge in [-0.3, -0.25) is 4.79 Å². The van der Waals surface area contributed by atoms with Crippen LogP contribution in [-0.4, -0.2) is 69.8 Å². The van der Waals surface area contributed by atoms with Gasteiger partial charge in [-0.05, 0) is 31.4 Å². The van der Waals surface area contributed by atoms with Crippen LogP contribution in [0.15, 0.2) is 36.7 Å². The first-order valence-electron chi connectivity index (χ1n) is 11.3. The Hall–Kier alpha value is -3.21. The molecule has 2 fully saturated rings. The van der Waals surface area contributed by atoms with Crippen molar-refractivity contribution in [3.63, 3.8) is 0 Å². The van der Waals surface area contributed by atoms with E-state index in [-0.39, 0.29) is 5.91 Å². The number of alkyl halides is 3. The summed E-state index contributed by atoms with van der Waals surface area (Å²) in [7, 11) is 0. The summed E-state index contributed by atoms with van der Waals surface area (Å²) in [5.74, 6) is 1.23. The van der Waals surface area contributed by atoms with Crippen LogP contribution in [0.4, 0.5) is 19.0 Å². The Morgan fingerprint density at radius 1 is 1.09 bits per heavy atom. The maximum absolute atomic E-state index is 13.8. The maximum atomic E-state index is 13.8. The van der Waals surface area contributed by atoms with Crippen molar-refractivity contribution >= 4 is 17.5 Å². The minimum Gasteiger partial charge on any atom is -0.381 e. The van der Waals surface area contributed by atoms with Crippen molar-refractivity contribution in [2.75, 3.05) is 44.3 Å². The summed E-state index contributed by atoms with van der Waals surface area (Å²) in [6.07, 6.45) is -2.30. The molecule has 2 saturated heterocycles. The molecule has 0 bridgehead atoms. The van der Waals surface area contributed by atoms with Gasteiger partial charge >= 0.3 is 6.18 Å². The number of carbonyl (C=O) groups excluding carboxylic acids is 1. The molecule has 180 valence electrons. The first-order valence-corrected chi connectivity index (χ1v) is 11.3. The Kier molecular flexibility index (Phi) is 5.67. The average Bonchev–Trinajstić information content (AvgIpc) is 3.31. The van der Waals surface area contributed by atoms with E-state index in [1.807, 2.05) is 13.0 Å². The van der Waals surface area contributed by atoms with Crippen molar-refractivity contribution in [1.82, 2.24) is 24.5 Å². The monoisotopic (exact) mass is 474 g/mol. The van der Waals surface area contributed by atoms with Crippen LogP contribution in [-0.2, 0) is 21.1 Å². The van der Waals surface area contributed by atoms with Gasteiger partial charge in [-0.15, -0.1) is 0 Å². The van der Waals surface area contributed by atoms with E-state index in [4.69, 9.17) is 4.74 Å². The minimum atomic E-state index is -4.47. The highest BCUT2D eigenvalue weighted by atomic mass is 19.4. The van der Waals surface area contributed by atoms with Gasteiger partial charge < -0.3 is 14.5 Å². The molecule has 5 rings (SSSR count). The molecule has 0 atom stereocenters. The zero-order valence-corrected chi connectivity index (χ0v) is 18.8. The predicted octanol–water partition coefficient (Wildman–Crippen LogP) is 2.85. The number of aromatic nitrogens is 4. The second-order valence-corrected chi connectivity index (χ2v) is 8.78. The summed E-state index contributed by atoms with van der Waals surface area (Å²) in [5.41, 5.74) is -0.529. The van der Waals surface area contributed by atoms with Crippen LogP contribution in [0.2, 0.25) is 0 Å². The van der Waals surface area contributed by atoms with Crippen LogP contribution < -0.4 is 4.90 Å². The number of halogens is 3. The van der Waals surface area contributed by atoms with Gasteiger partial charge in [0.05, 0.1) is 11.0 Å². The first-order chi connectivity index (χ1) is 16.3. The number of aryl methyl sites for hydroxylation is 1. The van der Waals surface area contributed by atoms with E-state index in [2.05, 4.69) is 20.0 Å². The largest absolute Gasteiger partial charge is 0.416 e. The highest BCUT2D eigenvalue weighted by Gasteiger charge is 2.45. The number of hydrogen-bond donors (Lipinski definition) is 0. The minimum absolute atomic E-state index is 0.133. The van der Waals surface area contributed by atoms with Crippen molar-refractivity contribution in [3.05, 3.63) is 53.5 Å². The fraction of sp³-hybridized carbons (Fsp3) is 0.478. The number of carbonyl (C=O) groups is 1. The van der Waals surface area contributed by atoms with E-state index in [0.29, 0.717) is 63.6 Å². The summed E-state index contributed by atoms with van der Waals surface area (Å²) in [5, 5.41) is 4.26.